The van der Waals surface area contributed by atoms with Gasteiger partial charge < -0.3 is 10.3 Å². The zero-order valence-corrected chi connectivity index (χ0v) is 10.5. The minimum Gasteiger partial charge on any atom is -0.364 e. The molecule has 0 atom stereocenters. The van der Waals surface area contributed by atoms with Gasteiger partial charge in [0.2, 0.25) is 0 Å². The first-order valence-corrected chi connectivity index (χ1v) is 5.78. The number of carbonyl (C=O) groups excluding carboxylic acids is 1. The lowest BCUT2D eigenvalue weighted by Crippen LogP contribution is -2.19. The lowest BCUT2D eigenvalue weighted by Gasteiger charge is -2.07. The minimum atomic E-state index is -0.650. The largest absolute Gasteiger partial charge is 0.364 e. The Morgan fingerprint density at radius 1 is 1.32 bits per heavy atom. The van der Waals surface area contributed by atoms with Crippen molar-refractivity contribution in [3.8, 4) is 0 Å². The summed E-state index contributed by atoms with van der Waals surface area (Å²) in [6.07, 6.45) is 0. The summed E-state index contributed by atoms with van der Waals surface area (Å²) < 4.78 is 3.03. The average Bonchev–Trinajstić information content (AvgIpc) is 2.81. The van der Waals surface area contributed by atoms with E-state index in [1.807, 2.05) is 36.7 Å². The third-order valence-electron chi connectivity index (χ3n) is 3.22. The third kappa shape index (κ3) is 1.53. The zero-order chi connectivity index (χ0) is 13.7. The smallest absolute Gasteiger partial charge is 0.282 e. The molecular formula is C13H12N4O2. The predicted molar refractivity (Wildman–Crippen MR) is 71.2 cm³/mol. The van der Waals surface area contributed by atoms with Crippen LogP contribution < -0.4 is 11.3 Å². The van der Waals surface area contributed by atoms with Crippen LogP contribution >= 0.6 is 0 Å². The molecule has 0 aliphatic heterocycles. The van der Waals surface area contributed by atoms with E-state index in [1.54, 1.807) is 0 Å². The number of carbonyl (C=O) groups is 1. The van der Waals surface area contributed by atoms with Gasteiger partial charge in [-0.15, -0.1) is 0 Å². The molecule has 0 unspecified atom stereocenters. The molecule has 19 heavy (non-hydrogen) atoms. The molecular weight excluding hydrogens is 244 g/mol. The molecule has 96 valence electrons. The van der Waals surface area contributed by atoms with Crippen molar-refractivity contribution in [1.82, 2.24) is 14.2 Å². The van der Waals surface area contributed by atoms with Gasteiger partial charge in [0.15, 0.2) is 5.69 Å². The molecule has 0 bridgehead atoms. The molecule has 0 aliphatic rings. The zero-order valence-electron chi connectivity index (χ0n) is 10.5. The predicted octanol–water partition coefficient (Wildman–Crippen LogP) is 0.594. The summed E-state index contributed by atoms with van der Waals surface area (Å²) >= 11 is 0. The number of fused-ring (bicyclic) bond motifs is 2. The van der Waals surface area contributed by atoms with E-state index in [2.05, 4.69) is 5.10 Å². The van der Waals surface area contributed by atoms with Gasteiger partial charge in [0.25, 0.3) is 11.5 Å². The monoisotopic (exact) mass is 256 g/mol. The quantitative estimate of drug-likeness (QED) is 0.692. The number of primary amides is 1. The van der Waals surface area contributed by atoms with Crippen molar-refractivity contribution < 1.29 is 4.79 Å². The number of amides is 1. The van der Waals surface area contributed by atoms with Crippen LogP contribution in [0, 0.1) is 6.92 Å². The fourth-order valence-corrected chi connectivity index (χ4v) is 2.23. The second-order valence-corrected chi connectivity index (χ2v) is 4.55. The lowest BCUT2D eigenvalue weighted by molar-refractivity contribution is 0.0995. The molecule has 6 nitrogen and oxygen atoms in total. The number of nitrogens with two attached hydrogens (primary N) is 1. The standard InChI is InChI=1S/C13H12N4O2/c1-7-3-4-10-8(5-7)13(19)17-11(16(10)2)6-9(15-17)12(14)18/h3-6H,1-2H3,(H2,14,18). The summed E-state index contributed by atoms with van der Waals surface area (Å²) in [5.74, 6) is -0.650. The lowest BCUT2D eigenvalue weighted by atomic mass is 10.1. The van der Waals surface area contributed by atoms with Crippen molar-refractivity contribution in [1.29, 1.82) is 0 Å². The summed E-state index contributed by atoms with van der Waals surface area (Å²) in [5, 5.41) is 4.53. The molecule has 0 saturated heterocycles. The van der Waals surface area contributed by atoms with Crippen LogP contribution in [0.5, 0.6) is 0 Å². The first kappa shape index (κ1) is 11.5. The van der Waals surface area contributed by atoms with Crippen LogP contribution in [0.25, 0.3) is 16.6 Å². The van der Waals surface area contributed by atoms with E-state index < -0.39 is 5.91 Å². The van der Waals surface area contributed by atoms with Crippen LogP contribution in [0.2, 0.25) is 0 Å². The first-order chi connectivity index (χ1) is 8.99. The van der Waals surface area contributed by atoms with Gasteiger partial charge in [0.1, 0.15) is 5.65 Å². The maximum absolute atomic E-state index is 12.4. The number of rotatable bonds is 1. The molecule has 1 aromatic carbocycles. The molecule has 3 rings (SSSR count). The Morgan fingerprint density at radius 2 is 2.05 bits per heavy atom. The molecule has 2 N–H and O–H groups in total. The van der Waals surface area contributed by atoms with Crippen molar-refractivity contribution >= 4 is 22.5 Å². The third-order valence-corrected chi connectivity index (χ3v) is 3.22. The van der Waals surface area contributed by atoms with E-state index >= 15 is 0 Å². The maximum Gasteiger partial charge on any atom is 0.282 e. The van der Waals surface area contributed by atoms with Crippen molar-refractivity contribution in [2.45, 2.75) is 6.92 Å². The second kappa shape index (κ2) is 3.68. The normalized spacial score (nSPS) is 11.3. The van der Waals surface area contributed by atoms with Crippen LogP contribution in [0.15, 0.2) is 29.1 Å². The van der Waals surface area contributed by atoms with Gasteiger partial charge in [-0.25, -0.2) is 0 Å². The summed E-state index contributed by atoms with van der Waals surface area (Å²) in [6, 6.07) is 7.14. The minimum absolute atomic E-state index is 0.0831. The second-order valence-electron chi connectivity index (χ2n) is 4.55. The van der Waals surface area contributed by atoms with E-state index in [9.17, 15) is 9.59 Å². The Morgan fingerprint density at radius 3 is 2.74 bits per heavy atom. The van der Waals surface area contributed by atoms with E-state index in [-0.39, 0.29) is 11.3 Å². The fraction of sp³-hybridized carbons (Fsp3) is 0.154. The van der Waals surface area contributed by atoms with E-state index in [0.29, 0.717) is 11.0 Å². The van der Waals surface area contributed by atoms with Crippen LogP contribution in [0.3, 0.4) is 0 Å². The number of hydrogen-bond donors (Lipinski definition) is 1. The Kier molecular flexibility index (Phi) is 2.22. The highest BCUT2D eigenvalue weighted by atomic mass is 16.1. The highest BCUT2D eigenvalue weighted by molar-refractivity contribution is 5.92. The summed E-state index contributed by atoms with van der Waals surface area (Å²) in [4.78, 5) is 23.5. The van der Waals surface area contributed by atoms with Crippen molar-refractivity contribution in [2.75, 3.05) is 0 Å². The highest BCUT2D eigenvalue weighted by Gasteiger charge is 2.14. The number of nitrogens with zero attached hydrogens (tertiary/aromatic N) is 3. The number of benzene rings is 1. The molecule has 6 heteroatoms. The number of hydrogen-bond acceptors (Lipinski definition) is 3. The summed E-state index contributed by atoms with van der Waals surface area (Å²) in [6.45, 7) is 1.92. The van der Waals surface area contributed by atoms with E-state index in [0.717, 1.165) is 11.1 Å². The Balaban J connectivity index is 2.57. The van der Waals surface area contributed by atoms with Gasteiger partial charge in [-0.05, 0) is 19.1 Å². The Labute approximate surface area is 108 Å². The first-order valence-electron chi connectivity index (χ1n) is 5.78. The van der Waals surface area contributed by atoms with Gasteiger partial charge >= 0.3 is 0 Å². The topological polar surface area (TPSA) is 82.4 Å². The SMILES string of the molecule is Cc1ccc2c(c1)c(=O)n1nc(C(N)=O)cc1n2C. The van der Waals surface area contributed by atoms with Crippen LogP contribution in [0.1, 0.15) is 16.1 Å². The van der Waals surface area contributed by atoms with Gasteiger partial charge in [-0.2, -0.15) is 9.61 Å². The van der Waals surface area contributed by atoms with Gasteiger partial charge in [0.05, 0.1) is 10.9 Å². The van der Waals surface area contributed by atoms with Crippen molar-refractivity contribution in [3.63, 3.8) is 0 Å². The number of aryl methyl sites for hydroxylation is 2. The maximum atomic E-state index is 12.4. The van der Waals surface area contributed by atoms with Gasteiger partial charge in [-0.3, -0.25) is 9.59 Å². The highest BCUT2D eigenvalue weighted by Crippen LogP contribution is 2.15. The molecule has 0 spiro atoms. The van der Waals surface area contributed by atoms with Crippen molar-refractivity contribution in [3.05, 3.63) is 45.9 Å². The Hall–Kier alpha value is -2.63. The molecule has 0 aliphatic carbocycles. The van der Waals surface area contributed by atoms with Crippen LogP contribution in [-0.4, -0.2) is 20.1 Å². The summed E-state index contributed by atoms with van der Waals surface area (Å²) in [5.41, 5.74) is 7.35. The molecule has 0 saturated carbocycles. The average molecular weight is 256 g/mol. The molecule has 0 fully saturated rings. The molecule has 2 aromatic heterocycles. The molecule has 0 radical (unpaired) electrons. The van der Waals surface area contributed by atoms with Gasteiger partial charge in [0, 0.05) is 13.1 Å². The van der Waals surface area contributed by atoms with Gasteiger partial charge in [-0.1, -0.05) is 11.6 Å². The molecule has 2 heterocycles. The Bertz CT molecular complexity index is 889. The molecule has 1 amide bonds. The fourth-order valence-electron chi connectivity index (χ4n) is 2.23. The van der Waals surface area contributed by atoms with E-state index in [1.165, 1.54) is 10.6 Å². The van der Waals surface area contributed by atoms with Crippen molar-refractivity contribution in [2.24, 2.45) is 12.8 Å². The number of aromatic nitrogens is 3. The van der Waals surface area contributed by atoms with Crippen LogP contribution in [0.4, 0.5) is 0 Å². The van der Waals surface area contributed by atoms with E-state index in [4.69, 9.17) is 5.73 Å². The summed E-state index contributed by atoms with van der Waals surface area (Å²) in [7, 11) is 1.82. The molecule has 3 aromatic rings. The van der Waals surface area contributed by atoms with Crippen LogP contribution in [-0.2, 0) is 7.05 Å².